The smallest absolute Gasteiger partial charge is 0.272 e. The Kier molecular flexibility index (Phi) is 3.44. The summed E-state index contributed by atoms with van der Waals surface area (Å²) in [6, 6.07) is 7.79. The minimum absolute atomic E-state index is 0.0242. The number of carbonyl (C=O) groups excluding carboxylic acids is 1. The largest absolute Gasteiger partial charge is 0.375 e. The van der Waals surface area contributed by atoms with Gasteiger partial charge in [-0.2, -0.15) is 0 Å². The lowest BCUT2D eigenvalue weighted by Crippen LogP contribution is -2.45. The molecular formula is C15H17ClN2O2. The van der Waals surface area contributed by atoms with Crippen molar-refractivity contribution >= 4 is 28.4 Å². The summed E-state index contributed by atoms with van der Waals surface area (Å²) in [5, 5.41) is 1.45. The first-order chi connectivity index (χ1) is 9.59. The Labute approximate surface area is 122 Å². The summed E-state index contributed by atoms with van der Waals surface area (Å²) in [5.41, 5.74) is 1.53. The summed E-state index contributed by atoms with van der Waals surface area (Å²) in [4.78, 5) is 14.5. The second kappa shape index (κ2) is 5.11. The first-order valence-corrected chi connectivity index (χ1v) is 7.11. The van der Waals surface area contributed by atoms with Crippen molar-refractivity contribution in [2.24, 2.45) is 7.05 Å². The number of nitrogens with zero attached hydrogens (tertiary/aromatic N) is 2. The van der Waals surface area contributed by atoms with Gasteiger partial charge >= 0.3 is 0 Å². The van der Waals surface area contributed by atoms with E-state index in [0.717, 1.165) is 10.9 Å². The highest BCUT2D eigenvalue weighted by Gasteiger charge is 2.27. The molecule has 20 heavy (non-hydrogen) atoms. The molecule has 2 aromatic rings. The van der Waals surface area contributed by atoms with Crippen LogP contribution in [0, 0.1) is 0 Å². The van der Waals surface area contributed by atoms with E-state index in [1.165, 1.54) is 0 Å². The van der Waals surface area contributed by atoms with Crippen LogP contribution in [0.2, 0.25) is 5.02 Å². The number of aromatic nitrogens is 1. The predicted molar refractivity (Wildman–Crippen MR) is 79.2 cm³/mol. The quantitative estimate of drug-likeness (QED) is 0.810. The lowest BCUT2D eigenvalue weighted by molar-refractivity contribution is -0.0127. The number of benzene rings is 1. The van der Waals surface area contributed by atoms with E-state index in [2.05, 4.69) is 0 Å². The first-order valence-electron chi connectivity index (χ1n) is 6.73. The van der Waals surface area contributed by atoms with Gasteiger partial charge in [-0.25, -0.2) is 0 Å². The molecule has 1 aromatic heterocycles. The zero-order valence-corrected chi connectivity index (χ0v) is 12.4. The van der Waals surface area contributed by atoms with Crippen LogP contribution in [-0.2, 0) is 11.8 Å². The molecule has 1 aliphatic heterocycles. The molecule has 0 aliphatic carbocycles. The molecule has 0 spiro atoms. The first kappa shape index (κ1) is 13.5. The van der Waals surface area contributed by atoms with Crippen molar-refractivity contribution in [1.29, 1.82) is 0 Å². The second-order valence-electron chi connectivity index (χ2n) is 5.17. The summed E-state index contributed by atoms with van der Waals surface area (Å²) in [5.74, 6) is -0.0242. The Hall–Kier alpha value is -1.52. The zero-order valence-electron chi connectivity index (χ0n) is 11.6. The number of rotatable bonds is 1. The van der Waals surface area contributed by atoms with Crippen molar-refractivity contribution in [3.05, 3.63) is 35.0 Å². The highest BCUT2D eigenvalue weighted by Crippen LogP contribution is 2.30. The van der Waals surface area contributed by atoms with Crippen LogP contribution < -0.4 is 0 Å². The van der Waals surface area contributed by atoms with Gasteiger partial charge in [-0.3, -0.25) is 4.79 Å². The van der Waals surface area contributed by atoms with E-state index in [-0.39, 0.29) is 12.0 Å². The van der Waals surface area contributed by atoms with E-state index in [1.54, 1.807) is 0 Å². The molecule has 1 saturated heterocycles. The third-order valence-electron chi connectivity index (χ3n) is 3.78. The average Bonchev–Trinajstić information content (AvgIpc) is 2.71. The van der Waals surface area contributed by atoms with Crippen molar-refractivity contribution in [3.63, 3.8) is 0 Å². The number of ether oxygens (including phenoxy) is 1. The third-order valence-corrected chi connectivity index (χ3v) is 4.16. The fourth-order valence-corrected chi connectivity index (χ4v) is 3.10. The molecule has 1 amide bonds. The predicted octanol–water partition coefficient (Wildman–Crippen LogP) is 2.69. The van der Waals surface area contributed by atoms with E-state index in [1.807, 2.05) is 47.7 Å². The Morgan fingerprint density at radius 1 is 1.40 bits per heavy atom. The van der Waals surface area contributed by atoms with Crippen LogP contribution in [0.1, 0.15) is 17.4 Å². The number of morpholine rings is 1. The number of hydrogen-bond donors (Lipinski definition) is 0. The molecule has 0 unspecified atom stereocenters. The minimum Gasteiger partial charge on any atom is -0.375 e. The van der Waals surface area contributed by atoms with Crippen LogP contribution in [0.4, 0.5) is 0 Å². The van der Waals surface area contributed by atoms with E-state index in [4.69, 9.17) is 16.3 Å². The molecule has 4 nitrogen and oxygen atoms in total. The molecule has 0 radical (unpaired) electrons. The second-order valence-corrected chi connectivity index (χ2v) is 5.55. The number of carbonyl (C=O) groups is 1. The molecule has 3 rings (SSSR count). The van der Waals surface area contributed by atoms with Crippen LogP contribution >= 0.6 is 11.6 Å². The molecule has 1 atom stereocenters. The Morgan fingerprint density at radius 2 is 2.15 bits per heavy atom. The van der Waals surface area contributed by atoms with Gasteiger partial charge in [0.2, 0.25) is 0 Å². The Morgan fingerprint density at radius 3 is 2.85 bits per heavy atom. The summed E-state index contributed by atoms with van der Waals surface area (Å²) in [6.45, 7) is 3.77. The minimum atomic E-state index is -0.0242. The fraction of sp³-hybridized carbons (Fsp3) is 0.400. The highest BCUT2D eigenvalue weighted by molar-refractivity contribution is 6.38. The fourth-order valence-electron chi connectivity index (χ4n) is 2.74. The standard InChI is InChI=1S/C15H17ClN2O2/c1-10-9-18(7-8-20-10)15(19)14-13(16)11-5-3-4-6-12(11)17(14)2/h3-6,10H,7-9H2,1-2H3/t10-/m0/s1. The van der Waals surface area contributed by atoms with Crippen molar-refractivity contribution < 1.29 is 9.53 Å². The Bertz CT molecular complexity index is 626. The molecule has 106 valence electrons. The van der Waals surface area contributed by atoms with Gasteiger partial charge in [0.1, 0.15) is 5.69 Å². The van der Waals surface area contributed by atoms with Gasteiger partial charge in [0.25, 0.3) is 5.91 Å². The molecule has 1 fully saturated rings. The molecule has 1 aromatic carbocycles. The number of amides is 1. The number of fused-ring (bicyclic) bond motifs is 1. The summed E-state index contributed by atoms with van der Waals surface area (Å²) in [6.07, 6.45) is 0.0705. The summed E-state index contributed by atoms with van der Waals surface area (Å²) >= 11 is 6.41. The van der Waals surface area contributed by atoms with E-state index >= 15 is 0 Å². The number of aryl methyl sites for hydroxylation is 1. The van der Waals surface area contributed by atoms with Crippen LogP contribution in [0.15, 0.2) is 24.3 Å². The normalized spacial score (nSPS) is 19.6. The number of hydrogen-bond acceptors (Lipinski definition) is 2. The number of halogens is 1. The SMILES string of the molecule is C[C@H]1CN(C(=O)c2c(Cl)c3ccccc3n2C)CCO1. The van der Waals surface area contributed by atoms with Gasteiger partial charge in [-0.15, -0.1) is 0 Å². The molecule has 0 N–H and O–H groups in total. The van der Waals surface area contributed by atoms with Crippen LogP contribution in [-0.4, -0.2) is 41.2 Å². The molecule has 0 saturated carbocycles. The summed E-state index contributed by atoms with van der Waals surface area (Å²) in [7, 11) is 1.88. The maximum atomic E-state index is 12.7. The molecule has 0 bridgehead atoms. The van der Waals surface area contributed by atoms with Crippen molar-refractivity contribution in [2.45, 2.75) is 13.0 Å². The van der Waals surface area contributed by atoms with Crippen LogP contribution in [0.3, 0.4) is 0 Å². The third kappa shape index (κ3) is 2.09. The lowest BCUT2D eigenvalue weighted by Gasteiger charge is -2.31. The highest BCUT2D eigenvalue weighted by atomic mass is 35.5. The summed E-state index contributed by atoms with van der Waals surface area (Å²) < 4.78 is 7.35. The van der Waals surface area contributed by atoms with E-state index in [9.17, 15) is 4.79 Å². The monoisotopic (exact) mass is 292 g/mol. The van der Waals surface area contributed by atoms with E-state index in [0.29, 0.717) is 30.4 Å². The topological polar surface area (TPSA) is 34.5 Å². The van der Waals surface area contributed by atoms with Crippen molar-refractivity contribution in [1.82, 2.24) is 9.47 Å². The lowest BCUT2D eigenvalue weighted by atomic mass is 10.2. The zero-order chi connectivity index (χ0) is 14.3. The average molecular weight is 293 g/mol. The molecule has 5 heteroatoms. The van der Waals surface area contributed by atoms with Gasteiger partial charge in [0.05, 0.1) is 17.7 Å². The molecule has 2 heterocycles. The van der Waals surface area contributed by atoms with Gasteiger partial charge in [-0.1, -0.05) is 29.8 Å². The maximum absolute atomic E-state index is 12.7. The van der Waals surface area contributed by atoms with Gasteiger partial charge in [0.15, 0.2) is 0 Å². The maximum Gasteiger partial charge on any atom is 0.272 e. The number of para-hydroxylation sites is 1. The molecule has 1 aliphatic rings. The van der Waals surface area contributed by atoms with E-state index < -0.39 is 0 Å². The van der Waals surface area contributed by atoms with Crippen LogP contribution in [0.5, 0.6) is 0 Å². The Balaban J connectivity index is 2.03. The van der Waals surface area contributed by atoms with Crippen LogP contribution in [0.25, 0.3) is 10.9 Å². The van der Waals surface area contributed by atoms with Gasteiger partial charge in [0, 0.05) is 31.0 Å². The molecular weight excluding hydrogens is 276 g/mol. The van der Waals surface area contributed by atoms with Gasteiger partial charge in [-0.05, 0) is 13.0 Å². The van der Waals surface area contributed by atoms with Crippen molar-refractivity contribution in [3.8, 4) is 0 Å². The van der Waals surface area contributed by atoms with Gasteiger partial charge < -0.3 is 14.2 Å². The van der Waals surface area contributed by atoms with Crippen molar-refractivity contribution in [2.75, 3.05) is 19.7 Å².